The van der Waals surface area contributed by atoms with Crippen molar-refractivity contribution in [1.82, 2.24) is 0 Å². The van der Waals surface area contributed by atoms with E-state index < -0.39 is 0 Å². The quantitative estimate of drug-likeness (QED) is 0.372. The molecule has 0 fully saturated rings. The minimum Gasteiger partial charge on any atom is -1.00 e. The van der Waals surface area contributed by atoms with Crippen molar-refractivity contribution in [3.05, 3.63) is 0 Å². The van der Waals surface area contributed by atoms with Gasteiger partial charge in [0.25, 0.3) is 0 Å². The molecule has 0 rings (SSSR count). The van der Waals surface area contributed by atoms with Gasteiger partial charge in [-0.3, -0.25) is 0 Å². The van der Waals surface area contributed by atoms with Gasteiger partial charge < -0.3 is 17.5 Å². The van der Waals surface area contributed by atoms with Crippen LogP contribution < -0.4 is 17.5 Å². The topological polar surface area (TPSA) is 23.1 Å². The van der Waals surface area contributed by atoms with Gasteiger partial charge in [0.05, 0.1) is 0 Å². The van der Waals surface area contributed by atoms with Crippen molar-refractivity contribution in [2.45, 2.75) is 33.1 Å². The zero-order valence-corrected chi connectivity index (χ0v) is 10.1. The normalized spacial score (nSPS) is 13.2. The number of hydrogen-bond acceptors (Lipinski definition) is 1. The standard InChI is InChI=1S/C9H15O.ClH.Mg/c1-4-9(3,5-2)7-6-8-10;;/h1H,5-8H2,2-3H3;1H;/q-1;;+2/p-1. The van der Waals surface area contributed by atoms with Gasteiger partial charge in [0.2, 0.25) is 0 Å². The fourth-order valence-electron chi connectivity index (χ4n) is 0.813. The van der Waals surface area contributed by atoms with Gasteiger partial charge in [0.15, 0.2) is 0 Å². The van der Waals surface area contributed by atoms with Gasteiger partial charge in [-0.05, 0) is 19.8 Å². The van der Waals surface area contributed by atoms with Crippen LogP contribution in [-0.2, 0) is 0 Å². The fraction of sp³-hybridized carbons (Fsp3) is 0.778. The Morgan fingerprint density at radius 1 is 1.50 bits per heavy atom. The first-order valence-corrected chi connectivity index (χ1v) is 3.74. The minimum absolute atomic E-state index is 0. The van der Waals surface area contributed by atoms with Crippen LogP contribution in [0.15, 0.2) is 0 Å². The van der Waals surface area contributed by atoms with Crippen molar-refractivity contribution in [3.8, 4) is 12.3 Å². The summed E-state index contributed by atoms with van der Waals surface area (Å²) in [7, 11) is 0. The largest absolute Gasteiger partial charge is 2.00 e. The third-order valence-corrected chi connectivity index (χ3v) is 2.00. The molecule has 0 spiro atoms. The maximum atomic E-state index is 10.1. The molecule has 0 amide bonds. The van der Waals surface area contributed by atoms with Crippen LogP contribution in [0.5, 0.6) is 0 Å². The fourth-order valence-corrected chi connectivity index (χ4v) is 0.813. The van der Waals surface area contributed by atoms with Gasteiger partial charge >= 0.3 is 23.1 Å². The SMILES string of the molecule is C#CC(C)(CC)CCC[O-].[Cl-].[Mg+2]. The molecule has 1 unspecified atom stereocenters. The van der Waals surface area contributed by atoms with E-state index in [-0.39, 0.29) is 47.5 Å². The molecule has 1 atom stereocenters. The molecule has 0 bridgehead atoms. The second kappa shape index (κ2) is 9.66. The first-order valence-electron chi connectivity index (χ1n) is 3.74. The molecular weight excluding hydrogens is 184 g/mol. The number of hydrogen-bond donors (Lipinski definition) is 0. The summed E-state index contributed by atoms with van der Waals surface area (Å²) in [5.41, 5.74) is -0.0373. The van der Waals surface area contributed by atoms with E-state index in [0.717, 1.165) is 12.8 Å². The van der Waals surface area contributed by atoms with Gasteiger partial charge in [0.1, 0.15) is 0 Å². The van der Waals surface area contributed by atoms with Gasteiger partial charge in [-0.1, -0.05) is 13.3 Å². The van der Waals surface area contributed by atoms with E-state index in [9.17, 15) is 5.11 Å². The molecular formula is C9H15ClMgO. The van der Waals surface area contributed by atoms with Crippen molar-refractivity contribution in [1.29, 1.82) is 0 Å². The van der Waals surface area contributed by atoms with Crippen LogP contribution in [0.2, 0.25) is 0 Å². The minimum atomic E-state index is -0.0373. The van der Waals surface area contributed by atoms with Crippen LogP contribution in [0.25, 0.3) is 0 Å². The summed E-state index contributed by atoms with van der Waals surface area (Å²) in [5, 5.41) is 10.1. The Morgan fingerprint density at radius 3 is 2.25 bits per heavy atom. The maximum Gasteiger partial charge on any atom is 2.00 e. The van der Waals surface area contributed by atoms with E-state index in [2.05, 4.69) is 12.8 Å². The molecule has 12 heavy (non-hydrogen) atoms. The zero-order chi connectivity index (χ0) is 8.04. The summed E-state index contributed by atoms with van der Waals surface area (Å²) in [4.78, 5) is 0. The summed E-state index contributed by atoms with van der Waals surface area (Å²) in [6, 6.07) is 0. The predicted octanol–water partition coefficient (Wildman–Crippen LogP) is -2.20. The van der Waals surface area contributed by atoms with Crippen LogP contribution >= 0.6 is 0 Å². The van der Waals surface area contributed by atoms with Gasteiger partial charge in [-0.2, -0.15) is 0 Å². The Morgan fingerprint density at radius 2 is 2.00 bits per heavy atom. The van der Waals surface area contributed by atoms with Crippen LogP contribution in [-0.4, -0.2) is 29.7 Å². The van der Waals surface area contributed by atoms with E-state index >= 15 is 0 Å². The van der Waals surface area contributed by atoms with E-state index in [0.29, 0.717) is 6.42 Å². The Balaban J connectivity index is -0.000000405. The Kier molecular flexibility index (Phi) is 14.8. The third kappa shape index (κ3) is 7.24. The average molecular weight is 199 g/mol. The molecule has 0 N–H and O–H groups in total. The zero-order valence-electron chi connectivity index (χ0n) is 7.90. The summed E-state index contributed by atoms with van der Waals surface area (Å²) in [6.07, 6.45) is 7.84. The van der Waals surface area contributed by atoms with Gasteiger partial charge in [0, 0.05) is 5.41 Å². The van der Waals surface area contributed by atoms with E-state index in [1.54, 1.807) is 0 Å². The third-order valence-electron chi connectivity index (χ3n) is 2.00. The summed E-state index contributed by atoms with van der Waals surface area (Å²) < 4.78 is 0. The van der Waals surface area contributed by atoms with Crippen molar-refractivity contribution in [2.24, 2.45) is 5.41 Å². The molecule has 0 aromatic heterocycles. The Labute approximate surface area is 97.9 Å². The first-order chi connectivity index (χ1) is 4.68. The van der Waals surface area contributed by atoms with E-state index in [1.807, 2.05) is 6.92 Å². The molecule has 66 valence electrons. The molecule has 3 heteroatoms. The van der Waals surface area contributed by atoms with Crippen LogP contribution in [0.1, 0.15) is 33.1 Å². The molecule has 0 aliphatic heterocycles. The van der Waals surface area contributed by atoms with Crippen molar-refractivity contribution in [2.75, 3.05) is 6.61 Å². The van der Waals surface area contributed by atoms with Gasteiger partial charge in [-0.15, -0.1) is 19.0 Å². The molecule has 0 aliphatic rings. The number of rotatable bonds is 4. The van der Waals surface area contributed by atoms with Crippen LogP contribution in [0.3, 0.4) is 0 Å². The monoisotopic (exact) mass is 198 g/mol. The van der Waals surface area contributed by atoms with Crippen molar-refractivity contribution < 1.29 is 17.5 Å². The molecule has 0 saturated carbocycles. The average Bonchev–Trinajstić information content (AvgIpc) is 2.00. The second-order valence-corrected chi connectivity index (χ2v) is 2.87. The van der Waals surface area contributed by atoms with Gasteiger partial charge in [-0.25, -0.2) is 0 Å². The second-order valence-electron chi connectivity index (χ2n) is 2.87. The molecule has 0 aromatic carbocycles. The van der Waals surface area contributed by atoms with Crippen molar-refractivity contribution in [3.63, 3.8) is 0 Å². The molecule has 0 saturated heterocycles. The molecule has 0 aromatic rings. The predicted molar refractivity (Wildman–Crippen MR) is 47.1 cm³/mol. The maximum absolute atomic E-state index is 10.1. The smallest absolute Gasteiger partial charge is 1.00 e. The summed E-state index contributed by atoms with van der Waals surface area (Å²) >= 11 is 0. The molecule has 0 heterocycles. The number of terminal acetylenes is 1. The first kappa shape index (κ1) is 18.4. The van der Waals surface area contributed by atoms with E-state index in [1.165, 1.54) is 0 Å². The summed E-state index contributed by atoms with van der Waals surface area (Å²) in [5.74, 6) is 2.72. The molecule has 0 aliphatic carbocycles. The Bertz CT molecular complexity index is 133. The molecule has 0 radical (unpaired) electrons. The Hall–Kier alpha value is 0.576. The van der Waals surface area contributed by atoms with E-state index in [4.69, 9.17) is 6.42 Å². The van der Waals surface area contributed by atoms with Crippen LogP contribution in [0.4, 0.5) is 0 Å². The molecule has 1 nitrogen and oxygen atoms in total. The number of halogens is 1. The summed E-state index contributed by atoms with van der Waals surface area (Å²) in [6.45, 7) is 4.09. The van der Waals surface area contributed by atoms with Crippen molar-refractivity contribution >= 4 is 23.1 Å². The van der Waals surface area contributed by atoms with Crippen LogP contribution in [0, 0.1) is 17.8 Å².